The number of hydrogen-bond donors (Lipinski definition) is 2. The first kappa shape index (κ1) is 17.0. The fraction of sp³-hybridized carbons (Fsp3) is 0.0556. The molecule has 0 spiro atoms. The van der Waals surface area contributed by atoms with Crippen LogP contribution in [0, 0.1) is 6.92 Å². The number of carbonyl (C=O) groups excluding carboxylic acids is 1. The van der Waals surface area contributed by atoms with Crippen molar-refractivity contribution in [2.75, 3.05) is 5.32 Å². The van der Waals surface area contributed by atoms with Crippen molar-refractivity contribution >= 4 is 72.5 Å². The Labute approximate surface area is 163 Å². The number of thiocarbonyl (C=S) groups is 1. The zero-order valence-electron chi connectivity index (χ0n) is 13.5. The van der Waals surface area contributed by atoms with Crippen LogP contribution in [0.15, 0.2) is 46.9 Å². The number of anilines is 1. The second-order valence-electron chi connectivity index (χ2n) is 5.64. The molecule has 0 aliphatic rings. The molecule has 0 atom stereocenters. The van der Waals surface area contributed by atoms with Crippen LogP contribution in [0.2, 0.25) is 5.02 Å². The summed E-state index contributed by atoms with van der Waals surface area (Å²) < 4.78 is 6.52. The van der Waals surface area contributed by atoms with Crippen molar-refractivity contribution in [1.82, 2.24) is 10.3 Å². The van der Waals surface area contributed by atoms with Crippen LogP contribution < -0.4 is 10.6 Å². The third-order valence-electron chi connectivity index (χ3n) is 3.77. The first-order chi connectivity index (χ1) is 12.5. The summed E-state index contributed by atoms with van der Waals surface area (Å²) in [5.74, 6) is -0.222. The zero-order valence-corrected chi connectivity index (χ0v) is 15.9. The molecule has 0 fully saturated rings. The summed E-state index contributed by atoms with van der Waals surface area (Å²) in [5.41, 5.74) is 2.41. The van der Waals surface area contributed by atoms with Gasteiger partial charge in [-0.05, 0) is 49.0 Å². The zero-order chi connectivity index (χ0) is 18.3. The van der Waals surface area contributed by atoms with E-state index in [2.05, 4.69) is 15.6 Å². The van der Waals surface area contributed by atoms with Crippen LogP contribution in [0.5, 0.6) is 0 Å². The van der Waals surface area contributed by atoms with Gasteiger partial charge in [0.15, 0.2) is 16.0 Å². The topological polar surface area (TPSA) is 67.2 Å². The minimum Gasteiger partial charge on any atom is -0.451 e. The number of furan rings is 1. The number of para-hydroxylation sites is 1. The van der Waals surface area contributed by atoms with E-state index in [1.165, 1.54) is 11.3 Å². The van der Waals surface area contributed by atoms with E-state index in [-0.39, 0.29) is 10.9 Å². The van der Waals surface area contributed by atoms with Crippen molar-refractivity contribution in [2.24, 2.45) is 0 Å². The first-order valence-electron chi connectivity index (χ1n) is 7.67. The maximum atomic E-state index is 12.3. The van der Waals surface area contributed by atoms with Gasteiger partial charge in [-0.25, -0.2) is 4.98 Å². The average Bonchev–Trinajstić information content (AvgIpc) is 3.18. The molecule has 2 N–H and O–H groups in total. The molecule has 0 saturated heterocycles. The number of thiazole rings is 1. The quantitative estimate of drug-likeness (QED) is 0.456. The molecule has 0 aliphatic heterocycles. The number of nitrogens with zero attached hydrogens (tertiary/aromatic N) is 1. The van der Waals surface area contributed by atoms with Crippen molar-refractivity contribution in [1.29, 1.82) is 0 Å². The molecule has 5 nitrogen and oxygen atoms in total. The molecule has 1 amide bonds. The van der Waals surface area contributed by atoms with Crippen molar-refractivity contribution in [3.8, 4) is 0 Å². The maximum Gasteiger partial charge on any atom is 0.293 e. The smallest absolute Gasteiger partial charge is 0.293 e. The van der Waals surface area contributed by atoms with Crippen LogP contribution in [-0.2, 0) is 0 Å². The van der Waals surface area contributed by atoms with Gasteiger partial charge in [0.25, 0.3) is 5.91 Å². The summed E-state index contributed by atoms with van der Waals surface area (Å²) >= 11 is 12.8. The molecule has 4 rings (SSSR count). The van der Waals surface area contributed by atoms with E-state index in [0.29, 0.717) is 15.7 Å². The molecule has 0 bridgehead atoms. The van der Waals surface area contributed by atoms with Gasteiger partial charge < -0.3 is 9.73 Å². The van der Waals surface area contributed by atoms with E-state index in [1.807, 2.05) is 37.3 Å². The van der Waals surface area contributed by atoms with Gasteiger partial charge in [-0.1, -0.05) is 41.1 Å². The van der Waals surface area contributed by atoms with Crippen molar-refractivity contribution in [3.63, 3.8) is 0 Å². The third kappa shape index (κ3) is 3.29. The Morgan fingerprint density at radius 1 is 1.27 bits per heavy atom. The Morgan fingerprint density at radius 2 is 2.08 bits per heavy atom. The third-order valence-corrected chi connectivity index (χ3v) is 5.31. The fourth-order valence-electron chi connectivity index (χ4n) is 2.49. The molecule has 2 heterocycles. The Balaban J connectivity index is 1.48. The number of aryl methyl sites for hydroxylation is 1. The highest BCUT2D eigenvalue weighted by atomic mass is 35.5. The largest absolute Gasteiger partial charge is 0.451 e. The number of amides is 1. The van der Waals surface area contributed by atoms with Crippen LogP contribution in [0.25, 0.3) is 21.2 Å². The fourth-order valence-corrected chi connectivity index (χ4v) is 3.85. The minimum atomic E-state index is -0.418. The van der Waals surface area contributed by atoms with Gasteiger partial charge in [-0.2, -0.15) is 0 Å². The maximum absolute atomic E-state index is 12.3. The highest BCUT2D eigenvalue weighted by Crippen LogP contribution is 2.30. The van der Waals surface area contributed by atoms with E-state index in [4.69, 9.17) is 28.2 Å². The molecular formula is C18H12ClN3O2S2. The molecule has 4 aromatic rings. The lowest BCUT2D eigenvalue weighted by molar-refractivity contribution is 0.0953. The van der Waals surface area contributed by atoms with Crippen LogP contribution in [-0.4, -0.2) is 16.0 Å². The number of carbonyl (C=O) groups is 1. The lowest BCUT2D eigenvalue weighted by atomic mass is 10.2. The second-order valence-corrected chi connectivity index (χ2v) is 7.49. The van der Waals surface area contributed by atoms with Crippen molar-refractivity contribution in [2.45, 2.75) is 6.92 Å². The monoisotopic (exact) mass is 401 g/mol. The van der Waals surface area contributed by atoms with E-state index < -0.39 is 5.91 Å². The number of aromatic nitrogens is 1. The minimum absolute atomic E-state index is 0.150. The summed E-state index contributed by atoms with van der Waals surface area (Å²) in [6, 6.07) is 12.9. The summed E-state index contributed by atoms with van der Waals surface area (Å²) in [6.07, 6.45) is 0. The Hall–Kier alpha value is -2.48. The van der Waals surface area contributed by atoms with Crippen LogP contribution in [0.4, 0.5) is 5.13 Å². The van der Waals surface area contributed by atoms with Gasteiger partial charge in [-0.3, -0.25) is 10.1 Å². The average molecular weight is 402 g/mol. The van der Waals surface area contributed by atoms with Crippen LogP contribution in [0.3, 0.4) is 0 Å². The Morgan fingerprint density at radius 3 is 2.88 bits per heavy atom. The van der Waals surface area contributed by atoms with Crippen molar-refractivity contribution < 1.29 is 9.21 Å². The molecule has 8 heteroatoms. The van der Waals surface area contributed by atoms with E-state index in [0.717, 1.165) is 21.2 Å². The van der Waals surface area contributed by atoms with Crippen LogP contribution >= 0.6 is 35.2 Å². The highest BCUT2D eigenvalue weighted by Gasteiger charge is 2.14. The van der Waals surface area contributed by atoms with Gasteiger partial charge in [0, 0.05) is 10.4 Å². The summed E-state index contributed by atoms with van der Waals surface area (Å²) in [4.78, 5) is 16.7. The van der Waals surface area contributed by atoms with Gasteiger partial charge in [0.05, 0.1) is 10.2 Å². The molecule has 0 saturated carbocycles. The lowest BCUT2D eigenvalue weighted by Crippen LogP contribution is -2.33. The number of benzene rings is 2. The molecular weight excluding hydrogens is 390 g/mol. The summed E-state index contributed by atoms with van der Waals surface area (Å²) in [5, 5.41) is 7.78. The molecule has 0 radical (unpaired) electrons. The molecule has 130 valence electrons. The summed E-state index contributed by atoms with van der Waals surface area (Å²) in [6.45, 7) is 1.94. The highest BCUT2D eigenvalue weighted by molar-refractivity contribution is 7.80. The predicted octanol–water partition coefficient (Wildman–Crippen LogP) is 5.13. The van der Waals surface area contributed by atoms with E-state index in [9.17, 15) is 4.79 Å². The standard InChI is InChI=1S/C18H12ClN3O2S2/c1-9-6-15-12(8-11(9)19)20-18(26-15)22-17(25)21-16(23)14-7-10-4-2-3-5-13(10)24-14/h2-8H,1H3,(H2,20,21,22,23,25). The predicted molar refractivity (Wildman–Crippen MR) is 109 cm³/mol. The number of hydrogen-bond acceptors (Lipinski definition) is 5. The molecule has 0 aliphatic carbocycles. The molecule has 0 unspecified atom stereocenters. The number of nitrogens with one attached hydrogen (secondary N) is 2. The molecule has 2 aromatic carbocycles. The van der Waals surface area contributed by atoms with Gasteiger partial charge in [-0.15, -0.1) is 0 Å². The van der Waals surface area contributed by atoms with E-state index >= 15 is 0 Å². The lowest BCUT2D eigenvalue weighted by Gasteiger charge is -2.04. The molecule has 26 heavy (non-hydrogen) atoms. The van der Waals surface area contributed by atoms with Crippen LogP contribution in [0.1, 0.15) is 16.1 Å². The summed E-state index contributed by atoms with van der Waals surface area (Å²) in [7, 11) is 0. The number of rotatable bonds is 2. The van der Waals surface area contributed by atoms with E-state index in [1.54, 1.807) is 12.1 Å². The van der Waals surface area contributed by atoms with Crippen molar-refractivity contribution in [3.05, 3.63) is 58.8 Å². The Kier molecular flexibility index (Phi) is 4.36. The number of fused-ring (bicyclic) bond motifs is 2. The Bertz CT molecular complexity index is 1090. The second kappa shape index (κ2) is 6.68. The SMILES string of the molecule is Cc1cc2sc(NC(=S)NC(=O)c3cc4ccccc4o3)nc2cc1Cl. The van der Waals surface area contributed by atoms with Gasteiger partial charge in [0.2, 0.25) is 0 Å². The normalized spacial score (nSPS) is 11.0. The first-order valence-corrected chi connectivity index (χ1v) is 9.27. The number of halogens is 1. The molecule has 2 aromatic heterocycles. The van der Waals surface area contributed by atoms with Gasteiger partial charge >= 0.3 is 0 Å². The van der Waals surface area contributed by atoms with Gasteiger partial charge in [0.1, 0.15) is 5.58 Å².